The fourth-order valence-corrected chi connectivity index (χ4v) is 15.0. The molecule has 0 unspecified atom stereocenters. The van der Waals surface area contributed by atoms with E-state index in [0.717, 1.165) is 207 Å². The van der Waals surface area contributed by atoms with E-state index in [1.54, 1.807) is 24.4 Å². The van der Waals surface area contributed by atoms with E-state index in [2.05, 4.69) is 133 Å². The molecule has 0 bridgehead atoms. The number of rotatable bonds is 20. The van der Waals surface area contributed by atoms with Crippen LogP contribution in [0.15, 0.2) is 359 Å². The second kappa shape index (κ2) is 39.4. The van der Waals surface area contributed by atoms with E-state index in [-0.39, 0.29) is 11.6 Å². The number of hydrogen-bond acceptors (Lipinski definition) is 17. The van der Waals surface area contributed by atoms with Gasteiger partial charge in [0.25, 0.3) is 0 Å². The quantitative estimate of drug-likeness (QED) is 0.0522. The van der Waals surface area contributed by atoms with Gasteiger partial charge in [-0.15, -0.1) is 0 Å². The molecule has 20 aromatic rings. The molecule has 13 heterocycles. The number of halogens is 3. The van der Waals surface area contributed by atoms with Crippen molar-refractivity contribution in [3.63, 3.8) is 0 Å². The summed E-state index contributed by atoms with van der Waals surface area (Å²) in [5, 5.41) is 18.3. The van der Waals surface area contributed by atoms with Crippen LogP contribution in [0.3, 0.4) is 0 Å². The fourth-order valence-electron chi connectivity index (χ4n) is 15.0. The maximum Gasteiger partial charge on any atom is 0.213 e. The van der Waals surface area contributed by atoms with Crippen molar-refractivity contribution in [2.45, 2.75) is 60.8 Å². The molecule has 7 aromatic carbocycles. The van der Waals surface area contributed by atoms with E-state index in [1.807, 2.05) is 266 Å². The maximum absolute atomic E-state index is 13.6. The van der Waals surface area contributed by atoms with Gasteiger partial charge in [-0.1, -0.05) is 91.0 Å². The van der Waals surface area contributed by atoms with Crippen LogP contribution in [0, 0.1) is 52.2 Å². The van der Waals surface area contributed by atoms with Crippen LogP contribution in [-0.4, -0.2) is 64.8 Å². The molecule has 13 aromatic heterocycles. The lowest BCUT2D eigenvalue weighted by molar-refractivity contribution is 0.584. The predicted octanol–water partition coefficient (Wildman–Crippen LogP) is 25.2. The van der Waals surface area contributed by atoms with Crippen molar-refractivity contribution in [1.82, 2.24) is 64.8 Å². The number of nitrogens with one attached hydrogen (secondary N) is 4. The zero-order chi connectivity index (χ0) is 87.7. The molecule has 4 N–H and O–H groups in total. The molecule has 0 amide bonds. The predicted molar refractivity (Wildman–Crippen MR) is 509 cm³/mol. The number of pyridine rings is 13. The molecular weight excluding hydrogens is 1590 g/mol. The highest BCUT2D eigenvalue weighted by atomic mass is 19.1. The van der Waals surface area contributed by atoms with E-state index in [1.165, 1.54) is 36.5 Å². The molecule has 0 aliphatic heterocycles. The normalized spacial score (nSPS) is 10.9. The monoisotopic (exact) mass is 1680 g/mol. The largest absolute Gasteiger partial charge is 0.380 e. The Bertz CT molecular complexity index is 6460. The first kappa shape index (κ1) is 83.8. The van der Waals surface area contributed by atoms with Crippen LogP contribution >= 0.6 is 0 Å². The molecule has 20 heteroatoms. The third-order valence-corrected chi connectivity index (χ3v) is 21.6. The van der Waals surface area contributed by atoms with Crippen molar-refractivity contribution in [2.75, 3.05) is 21.3 Å². The second-order valence-electron chi connectivity index (χ2n) is 30.9. The average Bonchev–Trinajstić information content (AvgIpc) is 0.808. The highest BCUT2D eigenvalue weighted by Crippen LogP contribution is 2.34. The SMILES string of the molecule is Cc1cc(-c2ccc(CNc3cccc4nc(-c5cccc(F)c5)ccc34)cn2)ccn1.Cc1cc(-c2ccc(CNc3cccc4nc(-c5ccnc(C)c5)ccc34)cn2)ccn1.Cc1cc(-c2ccc3c(NCc4ccc(-c5cccc(F)c5)nc4)cccc3n2)ccn1.Cc1cc(-c2ccc3c(NCc4ccc(-c5ccnc(F)c5)cc4)cccc3n2)ccn1. The lowest BCUT2D eigenvalue weighted by Crippen LogP contribution is -2.01. The maximum atomic E-state index is 13.6. The van der Waals surface area contributed by atoms with Crippen LogP contribution in [0.4, 0.5) is 35.9 Å². The van der Waals surface area contributed by atoms with Crippen LogP contribution in [0.25, 0.3) is 134 Å². The topological polar surface area (TPSA) is 216 Å². The second-order valence-corrected chi connectivity index (χ2v) is 30.9. The lowest BCUT2D eigenvalue weighted by atomic mass is 10.0. The molecule has 624 valence electrons. The summed E-state index contributed by atoms with van der Waals surface area (Å²) in [7, 11) is 0. The molecule has 0 fully saturated rings. The van der Waals surface area contributed by atoms with Gasteiger partial charge in [-0.05, 0) is 274 Å². The van der Waals surface area contributed by atoms with E-state index in [4.69, 9.17) is 19.9 Å². The Hall–Kier alpha value is -16.5. The molecule has 0 saturated carbocycles. The Kier molecular flexibility index (Phi) is 25.8. The van der Waals surface area contributed by atoms with Crippen molar-refractivity contribution in [3.8, 4) is 89.9 Å². The summed E-state index contributed by atoms with van der Waals surface area (Å²) in [5.41, 5.74) is 31.9. The number of anilines is 4. The first-order valence-electron chi connectivity index (χ1n) is 41.9. The third kappa shape index (κ3) is 21.1. The van der Waals surface area contributed by atoms with Gasteiger partial charge in [0.1, 0.15) is 11.6 Å². The summed E-state index contributed by atoms with van der Waals surface area (Å²) in [6.07, 6.45) is 16.2. The Labute approximate surface area is 739 Å². The van der Waals surface area contributed by atoms with Gasteiger partial charge < -0.3 is 21.3 Å². The number of benzene rings is 7. The fraction of sp³-hybridized carbons (Fsp3) is 0.0833. The Morgan fingerprint density at radius 3 is 0.773 bits per heavy atom. The molecule has 0 spiro atoms. The van der Waals surface area contributed by atoms with Crippen molar-refractivity contribution >= 4 is 66.4 Å². The summed E-state index contributed by atoms with van der Waals surface area (Å²) in [5.74, 6) is -1.000. The minimum absolute atomic E-state index is 0.262. The highest BCUT2D eigenvalue weighted by molar-refractivity contribution is 5.96. The van der Waals surface area contributed by atoms with Crippen molar-refractivity contribution < 1.29 is 13.2 Å². The smallest absolute Gasteiger partial charge is 0.213 e. The van der Waals surface area contributed by atoms with Crippen LogP contribution < -0.4 is 21.3 Å². The summed E-state index contributed by atoms with van der Waals surface area (Å²) in [4.78, 5) is 57.9. The van der Waals surface area contributed by atoms with Gasteiger partial charge in [-0.2, -0.15) is 4.39 Å². The van der Waals surface area contributed by atoms with Gasteiger partial charge in [-0.3, -0.25) is 39.9 Å². The van der Waals surface area contributed by atoms with E-state index >= 15 is 0 Å². The molecule has 17 nitrogen and oxygen atoms in total. The highest BCUT2D eigenvalue weighted by Gasteiger charge is 2.15. The summed E-state index contributed by atoms with van der Waals surface area (Å²) in [6.45, 7) is 12.5. The van der Waals surface area contributed by atoms with E-state index < -0.39 is 5.95 Å². The van der Waals surface area contributed by atoms with E-state index in [0.29, 0.717) is 26.2 Å². The molecule has 20 rings (SSSR count). The van der Waals surface area contributed by atoms with Gasteiger partial charge in [0.2, 0.25) is 5.95 Å². The standard InChI is InChI=1S/3C27H21FN4.C27H23N5/c1-18-14-21(12-13-29-18)24-10-8-19(16-30-24)17-31-26-6-3-7-27-23(26)9-11-25(32-27)20-4-2-5-22(28)15-20;1-18-14-21(12-13-29-18)25-11-9-23-26(6-3-7-27(23)32-25)31-17-19-8-10-24(30-16-19)20-4-2-5-22(28)15-20;1-18-15-22(12-13-29-18)24-10-9-23-25(3-2-4-26(23)32-24)31-17-19-5-7-20(8-6-19)21-11-14-30-27(28)16-21;1-18-14-21(10-12-28-18)24-8-6-20(16-30-24)17-31-26-4-3-5-27-23(26)7-9-25(32-27)22-11-13-29-19(2)15-22/h3*2-16,31H,17H2,1H3;3-16,31H,17H2,1-2H3. The number of aryl methyl sites for hydroxylation is 5. The van der Waals surface area contributed by atoms with Crippen LogP contribution in [0.1, 0.15) is 50.7 Å². The molecule has 0 aliphatic carbocycles. The van der Waals surface area contributed by atoms with Crippen LogP contribution in [0.5, 0.6) is 0 Å². The molecule has 0 atom stereocenters. The van der Waals surface area contributed by atoms with Gasteiger partial charge in [-0.25, -0.2) is 33.7 Å². The summed E-state index contributed by atoms with van der Waals surface area (Å²) < 4.78 is 40.4. The number of nitrogens with zero attached hydrogens (tertiary/aromatic N) is 13. The van der Waals surface area contributed by atoms with Gasteiger partial charge in [0.15, 0.2) is 0 Å². The summed E-state index contributed by atoms with van der Waals surface area (Å²) in [6, 6.07) is 97.4. The zero-order valence-electron chi connectivity index (χ0n) is 70.8. The summed E-state index contributed by atoms with van der Waals surface area (Å²) >= 11 is 0. The number of aromatic nitrogens is 13. The average molecular weight is 1680 g/mol. The van der Waals surface area contributed by atoms with Crippen molar-refractivity contribution in [3.05, 3.63) is 427 Å². The molecular formula is C108H86F3N17. The lowest BCUT2D eigenvalue weighted by Gasteiger charge is -2.11. The Balaban J connectivity index is 0.000000120. The number of fused-ring (bicyclic) bond motifs is 4. The Morgan fingerprint density at radius 1 is 0.211 bits per heavy atom. The minimum atomic E-state index is -0.472. The van der Waals surface area contributed by atoms with Gasteiger partial charge >= 0.3 is 0 Å². The van der Waals surface area contributed by atoms with Gasteiger partial charge in [0, 0.05) is 200 Å². The third-order valence-electron chi connectivity index (χ3n) is 21.6. The van der Waals surface area contributed by atoms with Crippen molar-refractivity contribution in [2.24, 2.45) is 0 Å². The first-order chi connectivity index (χ1) is 62.6. The number of hydrogen-bond donors (Lipinski definition) is 4. The van der Waals surface area contributed by atoms with E-state index in [9.17, 15) is 13.2 Å². The Morgan fingerprint density at radius 2 is 0.477 bits per heavy atom. The molecule has 128 heavy (non-hydrogen) atoms. The van der Waals surface area contributed by atoms with Crippen LogP contribution in [0.2, 0.25) is 0 Å². The molecule has 0 saturated heterocycles. The molecule has 0 radical (unpaired) electrons. The van der Waals surface area contributed by atoms with Crippen molar-refractivity contribution in [1.29, 1.82) is 0 Å². The molecule has 0 aliphatic rings. The minimum Gasteiger partial charge on any atom is -0.380 e. The zero-order valence-corrected chi connectivity index (χ0v) is 70.8. The van der Waals surface area contributed by atoms with Gasteiger partial charge in [0.05, 0.1) is 61.9 Å². The first-order valence-corrected chi connectivity index (χ1v) is 41.9. The van der Waals surface area contributed by atoms with Crippen LogP contribution in [-0.2, 0) is 26.2 Å².